The largest absolute Gasteiger partial charge is 0.325 e. The number of rotatable bonds is 4. The van der Waals surface area contributed by atoms with Crippen LogP contribution in [0.25, 0.3) is 5.69 Å². The maximum absolute atomic E-state index is 12.5. The third kappa shape index (κ3) is 3.78. The average Bonchev–Trinajstić information content (AvgIpc) is 3.10. The molecule has 0 unspecified atom stereocenters. The maximum atomic E-state index is 12.5. The van der Waals surface area contributed by atoms with Gasteiger partial charge < -0.3 is 10.2 Å². The Balaban J connectivity index is 1.64. The van der Waals surface area contributed by atoms with E-state index in [1.54, 1.807) is 10.9 Å². The Hall–Kier alpha value is -2.18. The first kappa shape index (κ1) is 15.7. The number of likely N-dealkylation sites (N-methyl/N-ethyl adjacent to an activating group) is 1. The summed E-state index contributed by atoms with van der Waals surface area (Å²) in [5.41, 5.74) is 1.73. The van der Waals surface area contributed by atoms with Crippen molar-refractivity contribution in [2.24, 2.45) is 0 Å². The minimum Gasteiger partial charge on any atom is -0.325 e. The lowest BCUT2D eigenvalue weighted by molar-refractivity contribution is -0.121. The zero-order chi connectivity index (χ0) is 16.2. The van der Waals surface area contributed by atoms with E-state index in [4.69, 9.17) is 0 Å². The van der Waals surface area contributed by atoms with Gasteiger partial charge in [0.15, 0.2) is 0 Å². The fourth-order valence-electron chi connectivity index (χ4n) is 2.77. The molecule has 1 aliphatic heterocycles. The summed E-state index contributed by atoms with van der Waals surface area (Å²) >= 11 is 0. The highest BCUT2D eigenvalue weighted by Gasteiger charge is 2.24. The molecule has 1 amide bonds. The number of hydrogen-bond donors (Lipinski definition) is 1. The Kier molecular flexibility index (Phi) is 4.73. The Morgan fingerprint density at radius 1 is 1.22 bits per heavy atom. The van der Waals surface area contributed by atoms with Crippen molar-refractivity contribution >= 4 is 11.6 Å². The summed E-state index contributed by atoms with van der Waals surface area (Å²) in [6.07, 6.45) is 3.62. The molecule has 1 N–H and O–H groups in total. The van der Waals surface area contributed by atoms with Crippen molar-refractivity contribution in [1.29, 1.82) is 0 Å². The van der Waals surface area contributed by atoms with Gasteiger partial charge in [0, 0.05) is 44.3 Å². The molecule has 0 saturated carbocycles. The maximum Gasteiger partial charge on any atom is 0.241 e. The molecule has 1 saturated heterocycles. The average molecular weight is 313 g/mol. The molecule has 1 fully saturated rings. The summed E-state index contributed by atoms with van der Waals surface area (Å²) in [6.45, 7) is 5.84. The van der Waals surface area contributed by atoms with Crippen molar-refractivity contribution in [2.75, 3.05) is 38.5 Å². The quantitative estimate of drug-likeness (QED) is 0.928. The van der Waals surface area contributed by atoms with Crippen LogP contribution in [0, 0.1) is 0 Å². The fraction of sp³-hybridized carbons (Fsp3) is 0.412. The highest BCUT2D eigenvalue weighted by molar-refractivity contribution is 5.94. The molecule has 0 spiro atoms. The molecular weight excluding hydrogens is 290 g/mol. The number of carbonyl (C=O) groups excluding carboxylic acids is 1. The number of nitrogens with one attached hydrogen (secondary N) is 1. The van der Waals surface area contributed by atoms with Crippen LogP contribution in [0.3, 0.4) is 0 Å². The first-order valence-corrected chi connectivity index (χ1v) is 7.97. The molecule has 2 heterocycles. The second-order valence-corrected chi connectivity index (χ2v) is 6.01. The van der Waals surface area contributed by atoms with Gasteiger partial charge in [-0.25, -0.2) is 4.68 Å². The van der Waals surface area contributed by atoms with Crippen molar-refractivity contribution < 1.29 is 4.79 Å². The molecule has 0 radical (unpaired) electrons. The van der Waals surface area contributed by atoms with Gasteiger partial charge in [-0.1, -0.05) is 6.07 Å². The second kappa shape index (κ2) is 6.93. The SMILES string of the molecule is C[C@H](C(=O)Nc1cccc(-n2cccn2)c1)N1CCN(C)CC1. The van der Waals surface area contributed by atoms with Gasteiger partial charge in [-0.05, 0) is 38.2 Å². The molecule has 23 heavy (non-hydrogen) atoms. The topological polar surface area (TPSA) is 53.4 Å². The van der Waals surface area contributed by atoms with Gasteiger partial charge in [0.2, 0.25) is 5.91 Å². The molecule has 2 aromatic rings. The van der Waals surface area contributed by atoms with Crippen LogP contribution in [-0.2, 0) is 4.79 Å². The molecule has 1 atom stereocenters. The first-order chi connectivity index (χ1) is 11.1. The summed E-state index contributed by atoms with van der Waals surface area (Å²) in [6, 6.07) is 9.47. The van der Waals surface area contributed by atoms with E-state index in [1.807, 2.05) is 43.5 Å². The predicted molar refractivity (Wildman–Crippen MR) is 90.7 cm³/mol. The number of anilines is 1. The monoisotopic (exact) mass is 313 g/mol. The minimum atomic E-state index is -0.128. The van der Waals surface area contributed by atoms with E-state index < -0.39 is 0 Å². The van der Waals surface area contributed by atoms with Crippen LogP contribution in [-0.4, -0.2) is 64.8 Å². The van der Waals surface area contributed by atoms with Crippen LogP contribution in [0.15, 0.2) is 42.7 Å². The summed E-state index contributed by atoms with van der Waals surface area (Å²) in [4.78, 5) is 17.0. The summed E-state index contributed by atoms with van der Waals surface area (Å²) < 4.78 is 1.78. The predicted octanol–water partition coefficient (Wildman–Crippen LogP) is 1.45. The van der Waals surface area contributed by atoms with Crippen LogP contribution < -0.4 is 5.32 Å². The number of benzene rings is 1. The molecule has 1 aromatic carbocycles. The molecule has 3 rings (SSSR count). The van der Waals surface area contributed by atoms with E-state index in [9.17, 15) is 4.79 Å². The van der Waals surface area contributed by atoms with E-state index in [0.717, 1.165) is 37.6 Å². The number of aromatic nitrogens is 2. The van der Waals surface area contributed by atoms with Gasteiger partial charge in [0.1, 0.15) is 0 Å². The second-order valence-electron chi connectivity index (χ2n) is 6.01. The smallest absolute Gasteiger partial charge is 0.241 e. The first-order valence-electron chi connectivity index (χ1n) is 7.97. The van der Waals surface area contributed by atoms with E-state index in [-0.39, 0.29) is 11.9 Å². The van der Waals surface area contributed by atoms with Crippen molar-refractivity contribution in [3.63, 3.8) is 0 Å². The molecular formula is C17H23N5O. The zero-order valence-electron chi connectivity index (χ0n) is 13.6. The molecule has 0 aliphatic carbocycles. The molecule has 0 bridgehead atoms. The van der Waals surface area contributed by atoms with E-state index in [0.29, 0.717) is 0 Å². The van der Waals surface area contributed by atoms with Crippen molar-refractivity contribution in [1.82, 2.24) is 19.6 Å². The third-order valence-electron chi connectivity index (χ3n) is 4.35. The van der Waals surface area contributed by atoms with Gasteiger partial charge >= 0.3 is 0 Å². The van der Waals surface area contributed by atoms with Gasteiger partial charge in [-0.15, -0.1) is 0 Å². The lowest BCUT2D eigenvalue weighted by Crippen LogP contribution is -2.51. The van der Waals surface area contributed by atoms with Gasteiger partial charge in [0.25, 0.3) is 0 Å². The molecule has 1 aromatic heterocycles. The fourth-order valence-corrected chi connectivity index (χ4v) is 2.77. The Morgan fingerprint density at radius 2 is 2.00 bits per heavy atom. The Bertz CT molecular complexity index is 647. The van der Waals surface area contributed by atoms with Gasteiger partial charge in [-0.3, -0.25) is 9.69 Å². The highest BCUT2D eigenvalue weighted by atomic mass is 16.2. The third-order valence-corrected chi connectivity index (χ3v) is 4.35. The van der Waals surface area contributed by atoms with Crippen LogP contribution in [0.2, 0.25) is 0 Å². The van der Waals surface area contributed by atoms with E-state index >= 15 is 0 Å². The van der Waals surface area contributed by atoms with Crippen LogP contribution in [0.5, 0.6) is 0 Å². The lowest BCUT2D eigenvalue weighted by Gasteiger charge is -2.35. The Morgan fingerprint density at radius 3 is 2.70 bits per heavy atom. The summed E-state index contributed by atoms with van der Waals surface area (Å²) in [5.74, 6) is 0.0344. The summed E-state index contributed by atoms with van der Waals surface area (Å²) in [5, 5.41) is 7.23. The number of nitrogens with zero attached hydrogens (tertiary/aromatic N) is 4. The highest BCUT2D eigenvalue weighted by Crippen LogP contribution is 2.15. The van der Waals surface area contributed by atoms with Crippen LogP contribution in [0.1, 0.15) is 6.92 Å². The minimum absolute atomic E-state index is 0.0344. The number of piperazine rings is 1. The molecule has 6 nitrogen and oxygen atoms in total. The van der Waals surface area contributed by atoms with Gasteiger partial charge in [-0.2, -0.15) is 5.10 Å². The molecule has 122 valence electrons. The van der Waals surface area contributed by atoms with Crippen LogP contribution in [0.4, 0.5) is 5.69 Å². The lowest BCUT2D eigenvalue weighted by atomic mass is 10.2. The van der Waals surface area contributed by atoms with E-state index in [1.165, 1.54) is 0 Å². The zero-order valence-corrected chi connectivity index (χ0v) is 13.6. The standard InChI is InChI=1S/C17H23N5O/c1-14(21-11-9-20(2)10-12-21)17(23)19-15-5-3-6-16(13-15)22-8-4-7-18-22/h3-8,13-14H,9-12H2,1-2H3,(H,19,23)/t14-/m1/s1. The van der Waals surface area contributed by atoms with Crippen molar-refractivity contribution in [3.05, 3.63) is 42.7 Å². The normalized spacial score (nSPS) is 17.8. The summed E-state index contributed by atoms with van der Waals surface area (Å²) in [7, 11) is 2.11. The van der Waals surface area contributed by atoms with Crippen molar-refractivity contribution in [3.8, 4) is 5.69 Å². The number of amides is 1. The molecule has 6 heteroatoms. The van der Waals surface area contributed by atoms with Crippen LogP contribution >= 0.6 is 0 Å². The van der Waals surface area contributed by atoms with Crippen molar-refractivity contribution in [2.45, 2.75) is 13.0 Å². The van der Waals surface area contributed by atoms with Gasteiger partial charge in [0.05, 0.1) is 11.7 Å². The number of carbonyl (C=O) groups is 1. The number of hydrogen-bond acceptors (Lipinski definition) is 4. The Labute approximate surface area is 136 Å². The molecule has 1 aliphatic rings. The van der Waals surface area contributed by atoms with E-state index in [2.05, 4.69) is 27.3 Å².